The molecule has 0 saturated carbocycles. The van der Waals surface area contributed by atoms with Crippen LogP contribution in [0.25, 0.3) is 0 Å². The highest BCUT2D eigenvalue weighted by atomic mass is 15.2. The fourth-order valence-electron chi connectivity index (χ4n) is 2.46. The fourth-order valence-corrected chi connectivity index (χ4v) is 2.46. The van der Waals surface area contributed by atoms with Gasteiger partial charge in [-0.2, -0.15) is 0 Å². The van der Waals surface area contributed by atoms with Crippen LogP contribution in [-0.4, -0.2) is 16.5 Å². The highest BCUT2D eigenvalue weighted by Gasteiger charge is 2.18. The number of benzene rings is 1. The number of hydrogen-bond acceptors (Lipinski definition) is 4. The van der Waals surface area contributed by atoms with Gasteiger partial charge in [0.25, 0.3) is 0 Å². The van der Waals surface area contributed by atoms with Crippen LogP contribution in [-0.2, 0) is 19.5 Å². The van der Waals surface area contributed by atoms with Gasteiger partial charge in [0.05, 0.1) is 0 Å². The Morgan fingerprint density at radius 3 is 2.89 bits per heavy atom. The van der Waals surface area contributed by atoms with Gasteiger partial charge in [-0.25, -0.2) is 9.97 Å². The first-order valence-corrected chi connectivity index (χ1v) is 6.19. The summed E-state index contributed by atoms with van der Waals surface area (Å²) in [5, 5.41) is 0. The second-order valence-corrected chi connectivity index (χ2v) is 4.52. The number of hydrogen-bond donors (Lipinski definition) is 1. The van der Waals surface area contributed by atoms with Crippen molar-refractivity contribution in [2.24, 2.45) is 5.73 Å². The van der Waals surface area contributed by atoms with Crippen LogP contribution in [0.4, 0.5) is 5.82 Å². The third-order valence-corrected chi connectivity index (χ3v) is 3.41. The average molecular weight is 240 g/mol. The molecule has 0 saturated heterocycles. The summed E-state index contributed by atoms with van der Waals surface area (Å²) in [6, 6.07) is 8.58. The first kappa shape index (κ1) is 11.2. The molecule has 0 amide bonds. The van der Waals surface area contributed by atoms with Gasteiger partial charge >= 0.3 is 0 Å². The fraction of sp³-hybridized carbons (Fsp3) is 0.286. The summed E-state index contributed by atoms with van der Waals surface area (Å²) in [6.07, 6.45) is 4.46. The molecule has 3 rings (SSSR count). The van der Waals surface area contributed by atoms with Crippen LogP contribution in [0, 0.1) is 0 Å². The van der Waals surface area contributed by atoms with Crippen molar-refractivity contribution >= 4 is 5.82 Å². The smallest absolute Gasteiger partial charge is 0.136 e. The molecule has 4 nitrogen and oxygen atoms in total. The molecule has 92 valence electrons. The van der Waals surface area contributed by atoms with Crippen molar-refractivity contribution in [2.75, 3.05) is 11.4 Å². The zero-order valence-corrected chi connectivity index (χ0v) is 10.2. The van der Waals surface area contributed by atoms with E-state index in [-0.39, 0.29) is 0 Å². The van der Waals surface area contributed by atoms with Gasteiger partial charge in [0.1, 0.15) is 12.1 Å². The summed E-state index contributed by atoms with van der Waals surface area (Å²) in [6.45, 7) is 2.37. The number of aromatic nitrogens is 2. The van der Waals surface area contributed by atoms with Crippen LogP contribution in [0.15, 0.2) is 36.8 Å². The Morgan fingerprint density at radius 1 is 1.22 bits per heavy atom. The van der Waals surface area contributed by atoms with E-state index < -0.39 is 0 Å². The van der Waals surface area contributed by atoms with E-state index in [9.17, 15) is 0 Å². The largest absolute Gasteiger partial charge is 0.352 e. The topological polar surface area (TPSA) is 55.0 Å². The predicted molar refractivity (Wildman–Crippen MR) is 71.1 cm³/mol. The lowest BCUT2D eigenvalue weighted by Gasteiger charge is -2.30. The minimum absolute atomic E-state index is 0.480. The Hall–Kier alpha value is -1.94. The molecular formula is C14H16N4. The van der Waals surface area contributed by atoms with Crippen LogP contribution < -0.4 is 10.6 Å². The van der Waals surface area contributed by atoms with Crippen LogP contribution in [0.3, 0.4) is 0 Å². The first-order valence-electron chi connectivity index (χ1n) is 6.19. The molecule has 0 bridgehead atoms. The summed E-state index contributed by atoms with van der Waals surface area (Å²) in [4.78, 5) is 10.7. The van der Waals surface area contributed by atoms with E-state index in [2.05, 4.69) is 39.1 Å². The second-order valence-electron chi connectivity index (χ2n) is 4.52. The molecule has 2 N–H and O–H groups in total. The van der Waals surface area contributed by atoms with Crippen molar-refractivity contribution in [1.82, 2.24) is 9.97 Å². The van der Waals surface area contributed by atoms with E-state index in [1.807, 2.05) is 6.20 Å². The number of nitrogens with zero attached hydrogens (tertiary/aromatic N) is 3. The van der Waals surface area contributed by atoms with Gasteiger partial charge in [0.15, 0.2) is 0 Å². The van der Waals surface area contributed by atoms with E-state index in [1.165, 1.54) is 11.1 Å². The van der Waals surface area contributed by atoms with Gasteiger partial charge < -0.3 is 10.6 Å². The van der Waals surface area contributed by atoms with Gasteiger partial charge in [0, 0.05) is 31.4 Å². The van der Waals surface area contributed by atoms with Crippen molar-refractivity contribution in [2.45, 2.75) is 19.5 Å². The molecule has 18 heavy (non-hydrogen) atoms. The summed E-state index contributed by atoms with van der Waals surface area (Å²) in [5.74, 6) is 0.974. The maximum atomic E-state index is 5.75. The van der Waals surface area contributed by atoms with Crippen molar-refractivity contribution in [1.29, 1.82) is 0 Å². The molecule has 0 spiro atoms. The SMILES string of the molecule is NCc1cncnc1N1CCc2ccccc2C1. The molecule has 0 atom stereocenters. The lowest BCUT2D eigenvalue weighted by molar-refractivity contribution is 0.712. The third kappa shape index (κ3) is 1.95. The van der Waals surface area contributed by atoms with E-state index >= 15 is 0 Å². The lowest BCUT2D eigenvalue weighted by atomic mass is 10.00. The number of fused-ring (bicyclic) bond motifs is 1. The second kappa shape index (κ2) is 4.74. The summed E-state index contributed by atoms with van der Waals surface area (Å²) in [5.41, 5.74) is 9.58. The van der Waals surface area contributed by atoms with Gasteiger partial charge in [0.2, 0.25) is 0 Å². The van der Waals surface area contributed by atoms with Crippen LogP contribution >= 0.6 is 0 Å². The monoisotopic (exact) mass is 240 g/mol. The van der Waals surface area contributed by atoms with E-state index in [0.717, 1.165) is 30.9 Å². The standard InChI is InChI=1S/C14H16N4/c15-7-13-8-16-10-17-14(13)18-6-5-11-3-1-2-4-12(11)9-18/h1-4,8,10H,5-7,9,15H2. The average Bonchev–Trinajstić information content (AvgIpc) is 2.46. The minimum atomic E-state index is 0.480. The highest BCUT2D eigenvalue weighted by Crippen LogP contribution is 2.24. The molecule has 0 unspecified atom stereocenters. The molecule has 0 radical (unpaired) electrons. The Kier molecular flexibility index (Phi) is 2.94. The summed E-state index contributed by atoms with van der Waals surface area (Å²) >= 11 is 0. The van der Waals surface area contributed by atoms with Crippen LogP contribution in [0.2, 0.25) is 0 Å². The first-order chi connectivity index (χ1) is 8.88. The Bertz CT molecular complexity index is 553. The van der Waals surface area contributed by atoms with Gasteiger partial charge in [-0.15, -0.1) is 0 Å². The molecule has 1 aliphatic rings. The molecule has 0 aliphatic carbocycles. The lowest BCUT2D eigenvalue weighted by Crippen LogP contribution is -2.32. The predicted octanol–water partition coefficient (Wildman–Crippen LogP) is 1.50. The Balaban J connectivity index is 1.92. The van der Waals surface area contributed by atoms with Crippen molar-refractivity contribution in [3.8, 4) is 0 Å². The third-order valence-electron chi connectivity index (χ3n) is 3.41. The Morgan fingerprint density at radius 2 is 2.06 bits per heavy atom. The maximum absolute atomic E-state index is 5.75. The Labute approximate surface area is 106 Å². The number of anilines is 1. The summed E-state index contributed by atoms with van der Waals surface area (Å²) < 4.78 is 0. The van der Waals surface area contributed by atoms with Crippen molar-refractivity contribution < 1.29 is 0 Å². The highest BCUT2D eigenvalue weighted by molar-refractivity contribution is 5.48. The van der Waals surface area contributed by atoms with Crippen LogP contribution in [0.5, 0.6) is 0 Å². The zero-order chi connectivity index (χ0) is 12.4. The summed E-state index contributed by atoms with van der Waals surface area (Å²) in [7, 11) is 0. The number of nitrogens with two attached hydrogens (primary N) is 1. The zero-order valence-electron chi connectivity index (χ0n) is 10.2. The van der Waals surface area contributed by atoms with E-state index in [0.29, 0.717) is 6.54 Å². The van der Waals surface area contributed by atoms with Crippen LogP contribution in [0.1, 0.15) is 16.7 Å². The molecule has 1 aliphatic heterocycles. The molecule has 1 aromatic heterocycles. The number of rotatable bonds is 2. The van der Waals surface area contributed by atoms with Crippen molar-refractivity contribution in [3.05, 3.63) is 53.5 Å². The molecule has 0 fully saturated rings. The minimum Gasteiger partial charge on any atom is -0.352 e. The van der Waals surface area contributed by atoms with Gasteiger partial charge in [-0.05, 0) is 17.5 Å². The molecule has 2 aromatic rings. The van der Waals surface area contributed by atoms with E-state index in [1.54, 1.807) is 6.33 Å². The quantitative estimate of drug-likeness (QED) is 0.864. The van der Waals surface area contributed by atoms with Gasteiger partial charge in [-0.3, -0.25) is 0 Å². The molecule has 2 heterocycles. The normalized spacial score (nSPS) is 14.4. The molecule has 4 heteroatoms. The van der Waals surface area contributed by atoms with Gasteiger partial charge in [-0.1, -0.05) is 24.3 Å². The van der Waals surface area contributed by atoms with E-state index in [4.69, 9.17) is 5.73 Å². The van der Waals surface area contributed by atoms with Crippen molar-refractivity contribution in [3.63, 3.8) is 0 Å². The molecular weight excluding hydrogens is 224 g/mol. The maximum Gasteiger partial charge on any atom is 0.136 e. The molecule has 1 aromatic carbocycles.